The summed E-state index contributed by atoms with van der Waals surface area (Å²) >= 11 is 0. The molecule has 1 aliphatic heterocycles. The Morgan fingerprint density at radius 3 is 2.29 bits per heavy atom. The molecule has 1 heterocycles. The molecular formula is C31H38N4O6S. The number of aliphatic hydroxyl groups excluding tert-OH is 1. The molecule has 0 unspecified atom stereocenters. The van der Waals surface area contributed by atoms with Gasteiger partial charge in [0.2, 0.25) is 10.0 Å². The molecule has 4 atom stereocenters. The minimum atomic E-state index is -3.98. The lowest BCUT2D eigenvalue weighted by atomic mass is 10.0. The summed E-state index contributed by atoms with van der Waals surface area (Å²) in [6.07, 6.45) is -2.05. The van der Waals surface area contributed by atoms with Gasteiger partial charge in [-0.1, -0.05) is 68.8 Å². The molecule has 0 radical (unpaired) electrons. The Balaban J connectivity index is 1.55. The highest BCUT2D eigenvalue weighted by atomic mass is 32.2. The summed E-state index contributed by atoms with van der Waals surface area (Å²) in [6, 6.07) is 23.2. The fourth-order valence-electron chi connectivity index (χ4n) is 4.72. The number of carbonyl (C=O) groups excluding carboxylic acids is 2. The SMILES string of the molecule is CC[C@H](C)CN(C[C@@H](O)[C@H](Cc1ccccc1)NC(=O)[C@@H]1CN(c2ccccc2)C(=O)O1)S(=O)(=O)c1ccc(N)cc1. The number of ether oxygens (including phenoxy) is 1. The number of sulfonamides is 1. The van der Waals surface area contributed by atoms with E-state index in [0.717, 1.165) is 12.0 Å². The minimum Gasteiger partial charge on any atom is -0.434 e. The van der Waals surface area contributed by atoms with Crippen molar-refractivity contribution in [3.8, 4) is 0 Å². The lowest BCUT2D eigenvalue weighted by Crippen LogP contribution is -2.53. The van der Waals surface area contributed by atoms with Crippen molar-refractivity contribution < 1.29 is 27.9 Å². The largest absolute Gasteiger partial charge is 0.434 e. The van der Waals surface area contributed by atoms with Crippen LogP contribution in [0.2, 0.25) is 0 Å². The quantitative estimate of drug-likeness (QED) is 0.258. The number of nitrogens with two attached hydrogens (primary N) is 1. The normalized spacial score (nSPS) is 17.5. The van der Waals surface area contributed by atoms with E-state index in [-0.39, 0.29) is 36.9 Å². The van der Waals surface area contributed by atoms with E-state index in [1.807, 2.05) is 50.2 Å². The van der Waals surface area contributed by atoms with Crippen LogP contribution in [0.1, 0.15) is 25.8 Å². The number of anilines is 2. The van der Waals surface area contributed by atoms with Crippen LogP contribution < -0.4 is 16.0 Å². The third-order valence-corrected chi connectivity index (χ3v) is 9.23. The van der Waals surface area contributed by atoms with Crippen LogP contribution in [-0.4, -0.2) is 67.7 Å². The number of cyclic esters (lactones) is 1. The van der Waals surface area contributed by atoms with Crippen molar-refractivity contribution in [2.45, 2.75) is 49.8 Å². The Kier molecular flexibility index (Phi) is 10.2. The van der Waals surface area contributed by atoms with Gasteiger partial charge in [0.1, 0.15) is 0 Å². The number of para-hydroxylation sites is 1. The van der Waals surface area contributed by atoms with Gasteiger partial charge in [-0.2, -0.15) is 4.31 Å². The van der Waals surface area contributed by atoms with Crippen LogP contribution in [0.15, 0.2) is 89.8 Å². The number of nitrogens with one attached hydrogen (secondary N) is 1. The molecule has 0 saturated carbocycles. The molecule has 224 valence electrons. The number of nitrogens with zero attached hydrogens (tertiary/aromatic N) is 2. The highest BCUT2D eigenvalue weighted by molar-refractivity contribution is 7.89. The van der Waals surface area contributed by atoms with Gasteiger partial charge in [0, 0.05) is 24.5 Å². The maximum Gasteiger partial charge on any atom is 0.415 e. The van der Waals surface area contributed by atoms with Crippen molar-refractivity contribution in [1.29, 1.82) is 0 Å². The Morgan fingerprint density at radius 1 is 1.05 bits per heavy atom. The van der Waals surface area contributed by atoms with E-state index < -0.39 is 40.3 Å². The smallest absolute Gasteiger partial charge is 0.415 e. The molecule has 1 saturated heterocycles. The van der Waals surface area contributed by atoms with Crippen LogP contribution in [0.3, 0.4) is 0 Å². The molecule has 3 aromatic rings. The van der Waals surface area contributed by atoms with E-state index in [9.17, 15) is 23.1 Å². The topological polar surface area (TPSA) is 142 Å². The van der Waals surface area contributed by atoms with E-state index in [4.69, 9.17) is 10.5 Å². The number of benzene rings is 3. The summed E-state index contributed by atoms with van der Waals surface area (Å²) in [7, 11) is -3.98. The number of amides is 2. The molecule has 0 aliphatic carbocycles. The monoisotopic (exact) mass is 594 g/mol. The van der Waals surface area contributed by atoms with E-state index in [2.05, 4.69) is 5.32 Å². The van der Waals surface area contributed by atoms with Gasteiger partial charge in [0.15, 0.2) is 6.10 Å². The minimum absolute atomic E-state index is 0.00842. The lowest BCUT2D eigenvalue weighted by Gasteiger charge is -2.31. The Bertz CT molecular complexity index is 1440. The molecule has 4 rings (SSSR count). The lowest BCUT2D eigenvalue weighted by molar-refractivity contribution is -0.129. The molecule has 4 N–H and O–H groups in total. The third-order valence-electron chi connectivity index (χ3n) is 7.38. The van der Waals surface area contributed by atoms with Gasteiger partial charge in [-0.25, -0.2) is 13.2 Å². The molecule has 11 heteroatoms. The number of hydrogen-bond acceptors (Lipinski definition) is 7. The first-order valence-corrected chi connectivity index (χ1v) is 15.4. The van der Waals surface area contributed by atoms with Crippen molar-refractivity contribution in [3.05, 3.63) is 90.5 Å². The first kappa shape index (κ1) is 31.0. The van der Waals surface area contributed by atoms with Crippen molar-refractivity contribution in [1.82, 2.24) is 9.62 Å². The molecule has 0 spiro atoms. The maximum absolute atomic E-state index is 13.7. The summed E-state index contributed by atoms with van der Waals surface area (Å²) in [5.41, 5.74) is 7.65. The average molecular weight is 595 g/mol. The average Bonchev–Trinajstić information content (AvgIpc) is 3.39. The number of aliphatic hydroxyl groups is 1. The van der Waals surface area contributed by atoms with E-state index in [1.54, 1.807) is 24.3 Å². The van der Waals surface area contributed by atoms with Crippen LogP contribution in [0.25, 0.3) is 0 Å². The highest BCUT2D eigenvalue weighted by Gasteiger charge is 2.39. The zero-order chi connectivity index (χ0) is 30.3. The Hall–Kier alpha value is -3.93. The van der Waals surface area contributed by atoms with Gasteiger partial charge in [-0.05, 0) is 54.3 Å². The van der Waals surface area contributed by atoms with Crippen molar-refractivity contribution in [3.63, 3.8) is 0 Å². The predicted octanol–water partition coefficient (Wildman–Crippen LogP) is 3.42. The van der Waals surface area contributed by atoms with Crippen LogP contribution in [0, 0.1) is 5.92 Å². The van der Waals surface area contributed by atoms with Gasteiger partial charge >= 0.3 is 6.09 Å². The zero-order valence-electron chi connectivity index (χ0n) is 23.8. The summed E-state index contributed by atoms with van der Waals surface area (Å²) in [5.74, 6) is -0.554. The highest BCUT2D eigenvalue weighted by Crippen LogP contribution is 2.23. The molecule has 0 bridgehead atoms. The second-order valence-electron chi connectivity index (χ2n) is 10.6. The second-order valence-corrected chi connectivity index (χ2v) is 12.5. The fraction of sp³-hybridized carbons (Fsp3) is 0.355. The first-order valence-electron chi connectivity index (χ1n) is 14.0. The van der Waals surface area contributed by atoms with Crippen molar-refractivity contribution in [2.75, 3.05) is 30.3 Å². The Morgan fingerprint density at radius 2 is 1.67 bits per heavy atom. The standard InChI is InChI=1S/C31H38N4O6S/c1-3-22(2)19-34(42(39,40)26-16-14-24(32)15-17-26)20-28(36)27(18-23-10-6-4-7-11-23)33-30(37)29-21-35(31(38)41-29)25-12-8-5-9-13-25/h4-17,22,27-29,36H,3,18-21,32H2,1-2H3,(H,33,37)/t22-,27-,28+,29-/m0/s1. The van der Waals surface area contributed by atoms with Crippen LogP contribution in [0.5, 0.6) is 0 Å². The van der Waals surface area contributed by atoms with Crippen LogP contribution in [-0.2, 0) is 26.0 Å². The third kappa shape index (κ3) is 7.67. The summed E-state index contributed by atoms with van der Waals surface area (Å²) < 4.78 is 34.0. The van der Waals surface area contributed by atoms with E-state index in [0.29, 0.717) is 11.4 Å². The van der Waals surface area contributed by atoms with Gasteiger partial charge in [-0.3, -0.25) is 9.69 Å². The van der Waals surface area contributed by atoms with Crippen LogP contribution in [0.4, 0.5) is 16.2 Å². The molecular weight excluding hydrogens is 556 g/mol. The number of nitrogen functional groups attached to an aromatic ring is 1. The van der Waals surface area contributed by atoms with E-state index >= 15 is 0 Å². The molecule has 3 aromatic carbocycles. The molecule has 10 nitrogen and oxygen atoms in total. The molecule has 2 amide bonds. The number of carbonyl (C=O) groups is 2. The predicted molar refractivity (Wildman–Crippen MR) is 161 cm³/mol. The first-order chi connectivity index (χ1) is 20.1. The molecule has 1 fully saturated rings. The van der Waals surface area contributed by atoms with Crippen molar-refractivity contribution in [2.24, 2.45) is 5.92 Å². The van der Waals surface area contributed by atoms with Gasteiger partial charge in [0.05, 0.1) is 23.6 Å². The molecule has 1 aliphatic rings. The van der Waals surface area contributed by atoms with Crippen LogP contribution >= 0.6 is 0 Å². The summed E-state index contributed by atoms with van der Waals surface area (Å²) in [6.45, 7) is 3.84. The number of hydrogen-bond donors (Lipinski definition) is 3. The summed E-state index contributed by atoms with van der Waals surface area (Å²) in [5, 5.41) is 14.3. The van der Waals surface area contributed by atoms with Crippen molar-refractivity contribution >= 4 is 33.4 Å². The second kappa shape index (κ2) is 13.8. The molecule has 42 heavy (non-hydrogen) atoms. The van der Waals surface area contributed by atoms with Gasteiger partial charge in [0.25, 0.3) is 5.91 Å². The van der Waals surface area contributed by atoms with Gasteiger partial charge in [-0.15, -0.1) is 0 Å². The zero-order valence-corrected chi connectivity index (χ0v) is 24.6. The van der Waals surface area contributed by atoms with Gasteiger partial charge < -0.3 is 20.9 Å². The Labute approximate surface area is 247 Å². The number of rotatable bonds is 13. The summed E-state index contributed by atoms with van der Waals surface area (Å²) in [4.78, 5) is 27.3. The van der Waals surface area contributed by atoms with E-state index in [1.165, 1.54) is 33.5 Å². The maximum atomic E-state index is 13.7. The fourth-order valence-corrected chi connectivity index (χ4v) is 6.30. The molecule has 0 aromatic heterocycles.